The number of aromatic nitrogens is 1. The van der Waals surface area contributed by atoms with Crippen LogP contribution in [0.1, 0.15) is 10.9 Å². The van der Waals surface area contributed by atoms with Crippen molar-refractivity contribution < 1.29 is 18.3 Å². The van der Waals surface area contributed by atoms with Gasteiger partial charge in [-0.05, 0) is 24.3 Å². The molecular formula is C17H10F2N2O2S. The van der Waals surface area contributed by atoms with Crippen LogP contribution in [0.5, 0.6) is 5.75 Å². The maximum absolute atomic E-state index is 13.5. The first-order valence-electron chi connectivity index (χ1n) is 6.94. The lowest BCUT2D eigenvalue weighted by Gasteiger charge is -2.08. The molecule has 0 radical (unpaired) electrons. The lowest BCUT2D eigenvalue weighted by atomic mass is 10.1. The second-order valence-corrected chi connectivity index (χ2v) is 5.97. The van der Waals surface area contributed by atoms with Crippen molar-refractivity contribution in [1.82, 2.24) is 4.98 Å². The molecule has 0 saturated heterocycles. The van der Waals surface area contributed by atoms with Crippen molar-refractivity contribution in [3.05, 3.63) is 59.1 Å². The van der Waals surface area contributed by atoms with Gasteiger partial charge in [-0.3, -0.25) is 4.79 Å². The van der Waals surface area contributed by atoms with E-state index in [0.29, 0.717) is 10.5 Å². The summed E-state index contributed by atoms with van der Waals surface area (Å²) in [6, 6.07) is 11.9. The minimum Gasteiger partial charge on any atom is -0.483 e. The predicted molar refractivity (Wildman–Crippen MR) is 84.8 cm³/mol. The van der Waals surface area contributed by atoms with Gasteiger partial charge < -0.3 is 4.74 Å². The fourth-order valence-electron chi connectivity index (χ4n) is 2.10. The molecule has 3 rings (SSSR count). The Morgan fingerprint density at radius 1 is 1.29 bits per heavy atom. The van der Waals surface area contributed by atoms with Crippen LogP contribution in [0.25, 0.3) is 10.2 Å². The van der Waals surface area contributed by atoms with Gasteiger partial charge in [0.05, 0.1) is 16.3 Å². The number of hydrogen-bond acceptors (Lipinski definition) is 5. The Morgan fingerprint density at radius 3 is 2.83 bits per heavy atom. The standard InChI is InChI=1S/C17H10F2N2O2S/c18-10-5-6-12(19)15(7-10)23-9-14(22)11(8-20)17-21-13-3-1-2-4-16(13)24-17/h1-7,11H,9H2/t11-/m1/s1. The van der Waals surface area contributed by atoms with Crippen LogP contribution in [-0.4, -0.2) is 17.4 Å². The van der Waals surface area contributed by atoms with Gasteiger partial charge in [0.15, 0.2) is 23.3 Å². The number of ether oxygens (including phenoxy) is 1. The number of nitrogens with zero attached hydrogens (tertiary/aromatic N) is 2. The Hall–Kier alpha value is -2.85. The molecule has 0 amide bonds. The second kappa shape index (κ2) is 6.72. The van der Waals surface area contributed by atoms with Gasteiger partial charge in [0.25, 0.3) is 0 Å². The molecule has 0 unspecified atom stereocenters. The second-order valence-electron chi connectivity index (χ2n) is 4.91. The number of rotatable bonds is 5. The first kappa shape index (κ1) is 16.0. The number of benzene rings is 2. The number of halogens is 2. The van der Waals surface area contributed by atoms with Crippen molar-refractivity contribution >= 4 is 27.3 Å². The molecule has 0 fully saturated rings. The molecule has 1 heterocycles. The lowest BCUT2D eigenvalue weighted by Crippen LogP contribution is -2.19. The van der Waals surface area contributed by atoms with E-state index in [-0.39, 0.29) is 5.75 Å². The SMILES string of the molecule is N#C[C@H](C(=O)COc1cc(F)ccc1F)c1nc2ccccc2s1. The largest absolute Gasteiger partial charge is 0.483 e. The van der Waals surface area contributed by atoms with E-state index in [9.17, 15) is 18.8 Å². The topological polar surface area (TPSA) is 63.0 Å². The van der Waals surface area contributed by atoms with Crippen LogP contribution < -0.4 is 4.74 Å². The molecule has 0 N–H and O–H groups in total. The Balaban J connectivity index is 1.77. The van der Waals surface area contributed by atoms with Crippen LogP contribution >= 0.6 is 11.3 Å². The molecule has 0 aliphatic carbocycles. The Labute approximate surface area is 139 Å². The summed E-state index contributed by atoms with van der Waals surface area (Å²) in [6.45, 7) is -0.547. The number of para-hydroxylation sites is 1. The summed E-state index contributed by atoms with van der Waals surface area (Å²) in [7, 11) is 0. The van der Waals surface area contributed by atoms with Crippen molar-refractivity contribution in [2.75, 3.05) is 6.61 Å². The van der Waals surface area contributed by atoms with Gasteiger partial charge >= 0.3 is 0 Å². The van der Waals surface area contributed by atoms with Crippen molar-refractivity contribution in [2.24, 2.45) is 0 Å². The zero-order valence-electron chi connectivity index (χ0n) is 12.2. The Kier molecular flexibility index (Phi) is 4.49. The number of ketones is 1. The Bertz CT molecular complexity index is 916. The highest BCUT2D eigenvalue weighted by Crippen LogP contribution is 2.28. The molecule has 0 spiro atoms. The first-order chi connectivity index (χ1) is 11.6. The van der Waals surface area contributed by atoms with E-state index in [0.717, 1.165) is 22.9 Å². The highest BCUT2D eigenvalue weighted by molar-refractivity contribution is 7.18. The van der Waals surface area contributed by atoms with E-state index in [1.165, 1.54) is 11.3 Å². The summed E-state index contributed by atoms with van der Waals surface area (Å²) in [6.07, 6.45) is 0. The number of carbonyl (C=O) groups is 1. The third-order valence-corrected chi connectivity index (χ3v) is 4.37. The van der Waals surface area contributed by atoms with Gasteiger partial charge in [-0.2, -0.15) is 5.26 Å². The van der Waals surface area contributed by atoms with Crippen LogP contribution in [0.4, 0.5) is 8.78 Å². The molecule has 3 aromatic rings. The van der Waals surface area contributed by atoms with E-state index in [1.807, 2.05) is 24.3 Å². The maximum Gasteiger partial charge on any atom is 0.194 e. The van der Waals surface area contributed by atoms with Crippen molar-refractivity contribution in [3.63, 3.8) is 0 Å². The van der Waals surface area contributed by atoms with Crippen LogP contribution in [0.2, 0.25) is 0 Å². The van der Waals surface area contributed by atoms with Gasteiger partial charge in [0, 0.05) is 6.07 Å². The van der Waals surface area contributed by atoms with E-state index in [4.69, 9.17) is 4.74 Å². The molecule has 0 aliphatic rings. The van der Waals surface area contributed by atoms with E-state index in [2.05, 4.69) is 4.98 Å². The monoisotopic (exact) mass is 344 g/mol. The fourth-order valence-corrected chi connectivity index (χ4v) is 3.13. The number of hydrogen-bond donors (Lipinski definition) is 0. The van der Waals surface area contributed by atoms with E-state index >= 15 is 0 Å². The summed E-state index contributed by atoms with van der Waals surface area (Å²) in [4.78, 5) is 16.5. The molecule has 0 saturated carbocycles. The van der Waals surface area contributed by atoms with Crippen LogP contribution in [0, 0.1) is 23.0 Å². The number of Topliss-reactive ketones (excluding diaryl/α,β-unsaturated/α-hetero) is 1. The number of carbonyl (C=O) groups excluding carboxylic acids is 1. The molecule has 0 bridgehead atoms. The molecule has 120 valence electrons. The number of thiazole rings is 1. The molecule has 4 nitrogen and oxygen atoms in total. The van der Waals surface area contributed by atoms with Gasteiger partial charge in [-0.1, -0.05) is 12.1 Å². The zero-order valence-corrected chi connectivity index (χ0v) is 13.0. The molecule has 0 aliphatic heterocycles. The smallest absolute Gasteiger partial charge is 0.194 e. The average Bonchev–Trinajstić information content (AvgIpc) is 3.00. The van der Waals surface area contributed by atoms with Crippen molar-refractivity contribution in [3.8, 4) is 11.8 Å². The molecule has 24 heavy (non-hydrogen) atoms. The summed E-state index contributed by atoms with van der Waals surface area (Å²) in [5, 5.41) is 9.63. The van der Waals surface area contributed by atoms with E-state index in [1.54, 1.807) is 6.07 Å². The molecule has 1 aromatic heterocycles. The summed E-state index contributed by atoms with van der Waals surface area (Å²) in [5.74, 6) is -3.51. The summed E-state index contributed by atoms with van der Waals surface area (Å²) >= 11 is 1.24. The number of fused-ring (bicyclic) bond motifs is 1. The first-order valence-corrected chi connectivity index (χ1v) is 7.76. The predicted octanol–water partition coefficient (Wildman–Crippen LogP) is 3.83. The highest BCUT2D eigenvalue weighted by atomic mass is 32.1. The third-order valence-electron chi connectivity index (χ3n) is 3.27. The molecule has 7 heteroatoms. The highest BCUT2D eigenvalue weighted by Gasteiger charge is 2.25. The summed E-state index contributed by atoms with van der Waals surface area (Å²) in [5.41, 5.74) is 0.697. The molecule has 2 aromatic carbocycles. The van der Waals surface area contributed by atoms with Gasteiger partial charge in [-0.25, -0.2) is 13.8 Å². The van der Waals surface area contributed by atoms with Gasteiger partial charge in [0.2, 0.25) is 0 Å². The fraction of sp³-hybridized carbons (Fsp3) is 0.118. The van der Waals surface area contributed by atoms with Crippen LogP contribution in [0.3, 0.4) is 0 Å². The third kappa shape index (κ3) is 3.24. The normalized spacial score (nSPS) is 11.9. The molecule has 1 atom stereocenters. The van der Waals surface area contributed by atoms with Crippen molar-refractivity contribution in [2.45, 2.75) is 5.92 Å². The maximum atomic E-state index is 13.5. The Morgan fingerprint density at radius 2 is 2.08 bits per heavy atom. The van der Waals surface area contributed by atoms with Crippen LogP contribution in [-0.2, 0) is 4.79 Å². The minimum atomic E-state index is -1.11. The van der Waals surface area contributed by atoms with Crippen LogP contribution in [0.15, 0.2) is 42.5 Å². The lowest BCUT2D eigenvalue weighted by molar-refractivity contribution is -0.121. The van der Waals surface area contributed by atoms with Gasteiger partial charge in [0.1, 0.15) is 17.4 Å². The van der Waals surface area contributed by atoms with E-state index < -0.39 is 29.9 Å². The zero-order chi connectivity index (χ0) is 17.1. The average molecular weight is 344 g/mol. The molecular weight excluding hydrogens is 334 g/mol. The van der Waals surface area contributed by atoms with Gasteiger partial charge in [-0.15, -0.1) is 11.3 Å². The summed E-state index contributed by atoms with van der Waals surface area (Å²) < 4.78 is 32.5. The minimum absolute atomic E-state index is 0.354. The number of nitriles is 1. The van der Waals surface area contributed by atoms with Crippen molar-refractivity contribution in [1.29, 1.82) is 5.26 Å². The quantitative estimate of drug-likeness (QED) is 0.706.